The normalized spacial score (nSPS) is 18.0. The summed E-state index contributed by atoms with van der Waals surface area (Å²) in [7, 11) is 0. The molecular formula is C14H12ClNOS2. The molecular weight excluding hydrogens is 298 g/mol. The van der Waals surface area contributed by atoms with Crippen molar-refractivity contribution in [1.29, 1.82) is 0 Å². The molecule has 0 bridgehead atoms. The SMILES string of the molecule is CCN1C(=O)/C(=C/C=C/c2ccccc2Cl)SC1=S. The van der Waals surface area contributed by atoms with Gasteiger partial charge in [-0.2, -0.15) is 0 Å². The first-order chi connectivity index (χ1) is 9.13. The van der Waals surface area contributed by atoms with Gasteiger partial charge in [-0.1, -0.05) is 65.9 Å². The highest BCUT2D eigenvalue weighted by Crippen LogP contribution is 2.30. The number of benzene rings is 1. The molecule has 0 atom stereocenters. The second-order valence-corrected chi connectivity index (χ2v) is 5.91. The average molecular weight is 310 g/mol. The number of likely N-dealkylation sites (N-methyl/N-ethyl adjacent to an activating group) is 1. The minimum absolute atomic E-state index is 0.0266. The van der Waals surface area contributed by atoms with Crippen LogP contribution < -0.4 is 0 Å². The first kappa shape index (κ1) is 14.3. The van der Waals surface area contributed by atoms with Gasteiger partial charge < -0.3 is 0 Å². The monoisotopic (exact) mass is 309 g/mol. The van der Waals surface area contributed by atoms with E-state index in [-0.39, 0.29) is 5.91 Å². The summed E-state index contributed by atoms with van der Waals surface area (Å²) in [5, 5.41) is 0.688. The summed E-state index contributed by atoms with van der Waals surface area (Å²) in [5.41, 5.74) is 0.923. The third kappa shape index (κ3) is 3.26. The Bertz CT molecular complexity index is 581. The van der Waals surface area contributed by atoms with E-state index in [0.29, 0.717) is 20.8 Å². The van der Waals surface area contributed by atoms with Gasteiger partial charge in [0.2, 0.25) is 0 Å². The number of halogens is 1. The molecule has 0 unspecified atom stereocenters. The minimum Gasteiger partial charge on any atom is -0.293 e. The quantitative estimate of drug-likeness (QED) is 0.619. The number of thioether (sulfide) groups is 1. The summed E-state index contributed by atoms with van der Waals surface area (Å²) >= 11 is 12.5. The molecule has 1 fully saturated rings. The van der Waals surface area contributed by atoms with E-state index in [4.69, 9.17) is 23.8 Å². The zero-order valence-electron chi connectivity index (χ0n) is 10.3. The molecule has 2 rings (SSSR count). The van der Waals surface area contributed by atoms with Gasteiger partial charge in [0, 0.05) is 11.6 Å². The van der Waals surface area contributed by atoms with Gasteiger partial charge in [-0.3, -0.25) is 9.69 Å². The predicted octanol–water partition coefficient (Wildman–Crippen LogP) is 4.12. The Labute approximate surface area is 127 Å². The molecule has 5 heteroatoms. The van der Waals surface area contributed by atoms with Crippen molar-refractivity contribution in [2.24, 2.45) is 0 Å². The molecule has 1 saturated heterocycles. The van der Waals surface area contributed by atoms with E-state index < -0.39 is 0 Å². The van der Waals surface area contributed by atoms with Crippen LogP contribution in [-0.2, 0) is 4.79 Å². The number of allylic oxidation sites excluding steroid dienone is 2. The van der Waals surface area contributed by atoms with Crippen LogP contribution in [0.1, 0.15) is 12.5 Å². The molecule has 0 spiro atoms. The lowest BCUT2D eigenvalue weighted by Crippen LogP contribution is -2.27. The summed E-state index contributed by atoms with van der Waals surface area (Å²) < 4.78 is 0.616. The molecule has 1 aromatic carbocycles. The lowest BCUT2D eigenvalue weighted by atomic mass is 10.2. The highest BCUT2D eigenvalue weighted by atomic mass is 35.5. The maximum absolute atomic E-state index is 11.9. The van der Waals surface area contributed by atoms with E-state index in [1.165, 1.54) is 11.8 Å². The fraction of sp³-hybridized carbons (Fsp3) is 0.143. The van der Waals surface area contributed by atoms with Crippen LogP contribution in [-0.4, -0.2) is 21.7 Å². The Kier molecular flexibility index (Phi) is 4.80. The third-order valence-corrected chi connectivity index (χ3v) is 4.36. The number of amides is 1. The van der Waals surface area contributed by atoms with Crippen molar-refractivity contribution < 1.29 is 4.79 Å². The van der Waals surface area contributed by atoms with Crippen LogP contribution in [0.4, 0.5) is 0 Å². The lowest BCUT2D eigenvalue weighted by molar-refractivity contribution is -0.122. The number of rotatable bonds is 3. The van der Waals surface area contributed by atoms with E-state index in [1.807, 2.05) is 43.3 Å². The summed E-state index contributed by atoms with van der Waals surface area (Å²) in [5.74, 6) is -0.0266. The minimum atomic E-state index is -0.0266. The smallest absolute Gasteiger partial charge is 0.266 e. The molecule has 0 aromatic heterocycles. The van der Waals surface area contributed by atoms with Crippen LogP contribution in [0.15, 0.2) is 41.3 Å². The summed E-state index contributed by atoms with van der Waals surface area (Å²) in [6.45, 7) is 2.52. The fourth-order valence-electron chi connectivity index (χ4n) is 1.64. The second kappa shape index (κ2) is 6.37. The predicted molar refractivity (Wildman–Crippen MR) is 86.1 cm³/mol. The molecule has 1 aliphatic rings. The molecule has 0 radical (unpaired) electrons. The largest absolute Gasteiger partial charge is 0.293 e. The van der Waals surface area contributed by atoms with Crippen molar-refractivity contribution in [3.8, 4) is 0 Å². The molecule has 1 aliphatic heterocycles. The van der Waals surface area contributed by atoms with Crippen molar-refractivity contribution >= 4 is 51.9 Å². The first-order valence-electron chi connectivity index (χ1n) is 5.80. The van der Waals surface area contributed by atoms with Crippen molar-refractivity contribution in [1.82, 2.24) is 4.90 Å². The van der Waals surface area contributed by atoms with E-state index in [2.05, 4.69) is 0 Å². The van der Waals surface area contributed by atoms with Crippen molar-refractivity contribution in [3.05, 3.63) is 51.9 Å². The topological polar surface area (TPSA) is 20.3 Å². The summed E-state index contributed by atoms with van der Waals surface area (Å²) in [4.78, 5) is 14.2. The Morgan fingerprint density at radius 1 is 1.42 bits per heavy atom. The number of carbonyl (C=O) groups is 1. The number of nitrogens with zero attached hydrogens (tertiary/aromatic N) is 1. The van der Waals surface area contributed by atoms with Gasteiger partial charge in [0.05, 0.1) is 4.91 Å². The molecule has 1 aromatic rings. The molecule has 0 N–H and O–H groups in total. The van der Waals surface area contributed by atoms with E-state index in [0.717, 1.165) is 5.56 Å². The Hall–Kier alpha value is -1.10. The number of carbonyl (C=O) groups excluding carboxylic acids is 1. The van der Waals surface area contributed by atoms with Crippen molar-refractivity contribution in [2.75, 3.05) is 6.54 Å². The number of thiocarbonyl (C=S) groups is 1. The highest BCUT2D eigenvalue weighted by Gasteiger charge is 2.29. The Morgan fingerprint density at radius 2 is 2.16 bits per heavy atom. The number of hydrogen-bond acceptors (Lipinski definition) is 3. The Morgan fingerprint density at radius 3 is 2.79 bits per heavy atom. The van der Waals surface area contributed by atoms with Gasteiger partial charge in [0.1, 0.15) is 4.32 Å². The summed E-state index contributed by atoms with van der Waals surface area (Å²) in [6.07, 6.45) is 5.47. The number of hydrogen-bond donors (Lipinski definition) is 0. The van der Waals surface area contributed by atoms with Gasteiger partial charge in [-0.25, -0.2) is 0 Å². The molecule has 2 nitrogen and oxygen atoms in total. The third-order valence-electron chi connectivity index (χ3n) is 2.62. The van der Waals surface area contributed by atoms with Gasteiger partial charge >= 0.3 is 0 Å². The van der Waals surface area contributed by atoms with Gasteiger partial charge in [0.25, 0.3) is 5.91 Å². The zero-order chi connectivity index (χ0) is 13.8. The van der Waals surface area contributed by atoms with Crippen molar-refractivity contribution in [3.63, 3.8) is 0 Å². The lowest BCUT2D eigenvalue weighted by Gasteiger charge is -2.09. The average Bonchev–Trinajstić information content (AvgIpc) is 2.66. The van der Waals surface area contributed by atoms with Crippen LogP contribution in [0.3, 0.4) is 0 Å². The highest BCUT2D eigenvalue weighted by molar-refractivity contribution is 8.26. The summed E-state index contributed by atoms with van der Waals surface area (Å²) in [6, 6.07) is 7.55. The molecule has 98 valence electrons. The standard InChI is InChI=1S/C14H12ClNOS2/c1-2-16-13(17)12(19-14(16)18)9-5-7-10-6-3-4-8-11(10)15/h3-9H,2H2,1H3/b7-5+,12-9-. The van der Waals surface area contributed by atoms with Crippen molar-refractivity contribution in [2.45, 2.75) is 6.92 Å². The van der Waals surface area contributed by atoms with Crippen LogP contribution in [0.2, 0.25) is 5.02 Å². The fourth-order valence-corrected chi connectivity index (χ4v) is 3.17. The van der Waals surface area contributed by atoms with Gasteiger partial charge in [-0.15, -0.1) is 0 Å². The second-order valence-electron chi connectivity index (χ2n) is 3.83. The van der Waals surface area contributed by atoms with E-state index in [1.54, 1.807) is 11.0 Å². The molecule has 19 heavy (non-hydrogen) atoms. The Balaban J connectivity index is 2.14. The van der Waals surface area contributed by atoms with E-state index in [9.17, 15) is 4.79 Å². The molecule has 0 saturated carbocycles. The molecule has 0 aliphatic carbocycles. The van der Waals surface area contributed by atoms with Crippen LogP contribution in [0.25, 0.3) is 6.08 Å². The zero-order valence-corrected chi connectivity index (χ0v) is 12.7. The van der Waals surface area contributed by atoms with Crippen LogP contribution in [0, 0.1) is 0 Å². The van der Waals surface area contributed by atoms with Gasteiger partial charge in [0.15, 0.2) is 0 Å². The van der Waals surface area contributed by atoms with E-state index >= 15 is 0 Å². The molecule has 1 amide bonds. The molecule has 1 heterocycles. The maximum Gasteiger partial charge on any atom is 0.266 e. The first-order valence-corrected chi connectivity index (χ1v) is 7.40. The van der Waals surface area contributed by atoms with Gasteiger partial charge in [-0.05, 0) is 24.6 Å². The maximum atomic E-state index is 11.9. The van der Waals surface area contributed by atoms with Crippen LogP contribution in [0.5, 0.6) is 0 Å². The van der Waals surface area contributed by atoms with Crippen LogP contribution >= 0.6 is 35.6 Å².